The number of nitrogens with two attached hydrogens (primary N) is 1. The van der Waals surface area contributed by atoms with Gasteiger partial charge in [0.15, 0.2) is 5.78 Å². The van der Waals surface area contributed by atoms with E-state index in [9.17, 15) is 4.79 Å². The molecule has 0 aromatic heterocycles. The van der Waals surface area contributed by atoms with Crippen molar-refractivity contribution in [1.29, 1.82) is 0 Å². The average molecular weight is 311 g/mol. The van der Waals surface area contributed by atoms with Gasteiger partial charge in [-0.3, -0.25) is 4.79 Å². The van der Waals surface area contributed by atoms with Crippen molar-refractivity contribution in [2.24, 2.45) is 0 Å². The highest BCUT2D eigenvalue weighted by Gasteiger charge is 2.05. The Morgan fingerprint density at radius 1 is 1.04 bits per heavy atom. The number of allylic oxidation sites excluding steroid dienone is 1. The minimum atomic E-state index is -0.0821. The van der Waals surface area contributed by atoms with E-state index in [2.05, 4.69) is 0 Å². The van der Waals surface area contributed by atoms with E-state index in [0.717, 1.165) is 11.3 Å². The van der Waals surface area contributed by atoms with E-state index in [-0.39, 0.29) is 5.78 Å². The minimum Gasteiger partial charge on any atom is -0.494 e. The Kier molecular flexibility index (Phi) is 5.80. The summed E-state index contributed by atoms with van der Waals surface area (Å²) in [4.78, 5) is 12.2. The highest BCUT2D eigenvalue weighted by molar-refractivity contribution is 6.07. The van der Waals surface area contributed by atoms with Crippen molar-refractivity contribution in [2.75, 3.05) is 18.9 Å². The Morgan fingerprint density at radius 2 is 1.74 bits per heavy atom. The fraction of sp³-hybridized carbons (Fsp3) is 0.211. The van der Waals surface area contributed by atoms with Gasteiger partial charge in [0.25, 0.3) is 0 Å². The lowest BCUT2D eigenvalue weighted by molar-refractivity contribution is 0.104. The van der Waals surface area contributed by atoms with Crippen LogP contribution in [0.25, 0.3) is 6.08 Å². The Labute approximate surface area is 136 Å². The monoisotopic (exact) mass is 311 g/mol. The van der Waals surface area contributed by atoms with E-state index in [0.29, 0.717) is 30.2 Å². The molecule has 0 spiro atoms. The number of carbonyl (C=O) groups is 1. The molecular formula is C19H21NO3. The molecule has 0 aliphatic rings. The van der Waals surface area contributed by atoms with E-state index >= 15 is 0 Å². The van der Waals surface area contributed by atoms with Crippen LogP contribution in [0, 0.1) is 0 Å². The van der Waals surface area contributed by atoms with E-state index in [4.69, 9.17) is 15.2 Å². The predicted octanol–water partition coefficient (Wildman–Crippen LogP) is 3.96. The van der Waals surface area contributed by atoms with Crippen molar-refractivity contribution in [2.45, 2.75) is 13.8 Å². The Morgan fingerprint density at radius 3 is 2.39 bits per heavy atom. The van der Waals surface area contributed by atoms with Crippen LogP contribution in [0.2, 0.25) is 0 Å². The first-order valence-electron chi connectivity index (χ1n) is 7.61. The Hall–Kier alpha value is -2.75. The molecule has 2 aromatic rings. The molecule has 2 rings (SSSR count). The van der Waals surface area contributed by atoms with Gasteiger partial charge in [0.05, 0.1) is 13.2 Å². The predicted molar refractivity (Wildman–Crippen MR) is 93.0 cm³/mol. The fourth-order valence-electron chi connectivity index (χ4n) is 2.10. The molecule has 4 nitrogen and oxygen atoms in total. The average Bonchev–Trinajstić information content (AvgIpc) is 2.55. The van der Waals surface area contributed by atoms with Crippen LogP contribution < -0.4 is 15.2 Å². The van der Waals surface area contributed by atoms with Crippen molar-refractivity contribution in [1.82, 2.24) is 0 Å². The number of hydrogen-bond donors (Lipinski definition) is 1. The molecule has 0 amide bonds. The molecule has 0 heterocycles. The van der Waals surface area contributed by atoms with Crippen molar-refractivity contribution < 1.29 is 14.3 Å². The topological polar surface area (TPSA) is 61.5 Å². The molecule has 0 aliphatic heterocycles. The van der Waals surface area contributed by atoms with Crippen molar-refractivity contribution >= 4 is 17.5 Å². The molecule has 4 heteroatoms. The lowest BCUT2D eigenvalue weighted by atomic mass is 10.1. The second kappa shape index (κ2) is 8.03. The van der Waals surface area contributed by atoms with Gasteiger partial charge >= 0.3 is 0 Å². The summed E-state index contributed by atoms with van der Waals surface area (Å²) in [5.74, 6) is 1.36. The lowest BCUT2D eigenvalue weighted by Crippen LogP contribution is -1.98. The van der Waals surface area contributed by atoms with Crippen LogP contribution in [0.3, 0.4) is 0 Å². The number of ketones is 1. The van der Waals surface area contributed by atoms with E-state index in [1.54, 1.807) is 30.3 Å². The normalized spacial score (nSPS) is 10.7. The molecule has 23 heavy (non-hydrogen) atoms. The fourth-order valence-corrected chi connectivity index (χ4v) is 2.10. The lowest BCUT2D eigenvalue weighted by Gasteiger charge is -2.10. The van der Waals surface area contributed by atoms with Gasteiger partial charge in [-0.15, -0.1) is 0 Å². The summed E-state index contributed by atoms with van der Waals surface area (Å²) >= 11 is 0. The summed E-state index contributed by atoms with van der Waals surface area (Å²) in [5, 5.41) is 0. The maximum Gasteiger partial charge on any atom is 0.185 e. The third-order valence-electron chi connectivity index (χ3n) is 3.21. The maximum absolute atomic E-state index is 12.2. The van der Waals surface area contributed by atoms with Gasteiger partial charge in [0, 0.05) is 22.9 Å². The molecule has 0 saturated heterocycles. The molecule has 0 fully saturated rings. The van der Waals surface area contributed by atoms with Crippen LogP contribution >= 0.6 is 0 Å². The highest BCUT2D eigenvalue weighted by Crippen LogP contribution is 2.26. The standard InChI is InChI=1S/C19H21NO3/c1-3-22-17-11-7-15(19(13-17)23-4-2)8-12-18(21)14-5-9-16(20)10-6-14/h5-13H,3-4,20H2,1-2H3/b12-8+. The van der Waals surface area contributed by atoms with E-state index in [1.165, 1.54) is 6.08 Å². The van der Waals surface area contributed by atoms with Crippen LogP contribution in [-0.4, -0.2) is 19.0 Å². The molecular weight excluding hydrogens is 290 g/mol. The van der Waals surface area contributed by atoms with Crippen LogP contribution in [0.1, 0.15) is 29.8 Å². The van der Waals surface area contributed by atoms with Gasteiger partial charge in [-0.2, -0.15) is 0 Å². The Balaban J connectivity index is 2.20. The SMILES string of the molecule is CCOc1ccc(/C=C/C(=O)c2ccc(N)cc2)c(OCC)c1. The summed E-state index contributed by atoms with van der Waals surface area (Å²) in [6.45, 7) is 4.98. The van der Waals surface area contributed by atoms with E-state index in [1.807, 2.05) is 32.0 Å². The third kappa shape index (κ3) is 4.61. The summed E-state index contributed by atoms with van der Waals surface area (Å²) in [5.41, 5.74) is 7.69. The van der Waals surface area contributed by atoms with Crippen LogP contribution in [-0.2, 0) is 0 Å². The van der Waals surface area contributed by atoms with Gasteiger partial charge in [0.2, 0.25) is 0 Å². The maximum atomic E-state index is 12.2. The highest BCUT2D eigenvalue weighted by atomic mass is 16.5. The molecule has 120 valence electrons. The molecule has 0 unspecified atom stereocenters. The zero-order valence-electron chi connectivity index (χ0n) is 13.4. The zero-order chi connectivity index (χ0) is 16.7. The summed E-state index contributed by atoms with van der Waals surface area (Å²) in [7, 11) is 0. The van der Waals surface area contributed by atoms with Crippen molar-refractivity contribution in [3.8, 4) is 11.5 Å². The van der Waals surface area contributed by atoms with Crippen LogP contribution in [0.15, 0.2) is 48.5 Å². The first-order chi connectivity index (χ1) is 11.1. The quantitative estimate of drug-likeness (QED) is 0.477. The summed E-state index contributed by atoms with van der Waals surface area (Å²) in [6, 6.07) is 12.4. The smallest absolute Gasteiger partial charge is 0.185 e. The van der Waals surface area contributed by atoms with Crippen molar-refractivity contribution in [3.63, 3.8) is 0 Å². The molecule has 2 aromatic carbocycles. The summed E-state index contributed by atoms with van der Waals surface area (Å²) in [6.07, 6.45) is 3.28. The largest absolute Gasteiger partial charge is 0.494 e. The molecule has 0 atom stereocenters. The number of nitrogen functional groups attached to an aromatic ring is 1. The van der Waals surface area contributed by atoms with Gasteiger partial charge < -0.3 is 15.2 Å². The molecule has 0 radical (unpaired) electrons. The van der Waals surface area contributed by atoms with Crippen LogP contribution in [0.5, 0.6) is 11.5 Å². The minimum absolute atomic E-state index is 0.0821. The molecule has 0 saturated carbocycles. The second-order valence-corrected chi connectivity index (χ2v) is 4.89. The van der Waals surface area contributed by atoms with Crippen molar-refractivity contribution in [3.05, 3.63) is 59.7 Å². The van der Waals surface area contributed by atoms with E-state index < -0.39 is 0 Å². The molecule has 0 bridgehead atoms. The molecule has 0 aliphatic carbocycles. The zero-order valence-corrected chi connectivity index (χ0v) is 13.4. The van der Waals surface area contributed by atoms with Crippen LogP contribution in [0.4, 0.5) is 5.69 Å². The van der Waals surface area contributed by atoms with Gasteiger partial charge in [-0.25, -0.2) is 0 Å². The Bertz CT molecular complexity index is 690. The molecule has 2 N–H and O–H groups in total. The number of hydrogen-bond acceptors (Lipinski definition) is 4. The van der Waals surface area contributed by atoms with Gasteiger partial charge in [0.1, 0.15) is 11.5 Å². The van der Waals surface area contributed by atoms with Gasteiger partial charge in [-0.1, -0.05) is 0 Å². The first kappa shape index (κ1) is 16.6. The first-order valence-corrected chi connectivity index (χ1v) is 7.61. The number of ether oxygens (including phenoxy) is 2. The number of benzene rings is 2. The summed E-state index contributed by atoms with van der Waals surface area (Å²) < 4.78 is 11.1. The second-order valence-electron chi connectivity index (χ2n) is 4.89. The number of rotatable bonds is 7. The third-order valence-corrected chi connectivity index (χ3v) is 3.21. The number of anilines is 1. The number of carbonyl (C=O) groups excluding carboxylic acids is 1. The van der Waals surface area contributed by atoms with Gasteiger partial charge in [-0.05, 0) is 62.4 Å².